The van der Waals surface area contributed by atoms with Crippen molar-refractivity contribution in [2.75, 3.05) is 13.1 Å². The van der Waals surface area contributed by atoms with Gasteiger partial charge in [-0.2, -0.15) is 0 Å². The van der Waals surface area contributed by atoms with Gasteiger partial charge in [0.2, 0.25) is 10.0 Å². The zero-order valence-electron chi connectivity index (χ0n) is 10.5. The highest BCUT2D eigenvalue weighted by atomic mass is 32.2. The standard InChI is InChI=1S/C12H16F2N2O2S/c1-8-7-15-5-4-11(8)16-19(17,18)12-6-9(13)2-3-10(12)14/h2-3,6,8,11,15-16H,4-5,7H2,1H3. The molecule has 1 saturated heterocycles. The Morgan fingerprint density at radius 2 is 2.11 bits per heavy atom. The molecule has 4 nitrogen and oxygen atoms in total. The van der Waals surface area contributed by atoms with E-state index in [1.807, 2.05) is 6.92 Å². The van der Waals surface area contributed by atoms with Gasteiger partial charge >= 0.3 is 0 Å². The Morgan fingerprint density at radius 1 is 1.37 bits per heavy atom. The van der Waals surface area contributed by atoms with Gasteiger partial charge in [0.25, 0.3) is 0 Å². The van der Waals surface area contributed by atoms with Gasteiger partial charge < -0.3 is 5.32 Å². The van der Waals surface area contributed by atoms with Crippen molar-refractivity contribution in [3.8, 4) is 0 Å². The van der Waals surface area contributed by atoms with Gasteiger partial charge in [0.1, 0.15) is 16.5 Å². The number of nitrogens with one attached hydrogen (secondary N) is 2. The lowest BCUT2D eigenvalue weighted by Crippen LogP contribution is -2.48. The second-order valence-electron chi connectivity index (χ2n) is 4.77. The predicted molar refractivity (Wildman–Crippen MR) is 67.1 cm³/mol. The summed E-state index contributed by atoms with van der Waals surface area (Å²) in [5, 5.41) is 3.14. The molecule has 2 rings (SSSR count). The maximum absolute atomic E-state index is 13.5. The Labute approximate surface area is 111 Å². The number of rotatable bonds is 3. The zero-order valence-corrected chi connectivity index (χ0v) is 11.3. The SMILES string of the molecule is CC1CNCCC1NS(=O)(=O)c1cc(F)ccc1F. The minimum absolute atomic E-state index is 0.0974. The molecule has 2 N–H and O–H groups in total. The quantitative estimate of drug-likeness (QED) is 0.880. The first-order chi connectivity index (χ1) is 8.90. The molecule has 1 aliphatic rings. The fourth-order valence-corrected chi connectivity index (χ4v) is 3.60. The van der Waals surface area contributed by atoms with Crippen molar-refractivity contribution < 1.29 is 17.2 Å². The van der Waals surface area contributed by atoms with Crippen LogP contribution in [0.3, 0.4) is 0 Å². The van der Waals surface area contributed by atoms with E-state index in [0.29, 0.717) is 25.6 Å². The maximum atomic E-state index is 13.5. The molecule has 1 fully saturated rings. The molecule has 0 aromatic heterocycles. The van der Waals surface area contributed by atoms with Crippen molar-refractivity contribution in [3.63, 3.8) is 0 Å². The Hall–Kier alpha value is -1.05. The van der Waals surface area contributed by atoms with E-state index in [1.165, 1.54) is 0 Å². The van der Waals surface area contributed by atoms with Crippen LogP contribution < -0.4 is 10.0 Å². The molecular formula is C12H16F2N2O2S. The molecule has 106 valence electrons. The summed E-state index contributed by atoms with van der Waals surface area (Å²) in [6.45, 7) is 3.29. The van der Waals surface area contributed by atoms with E-state index in [4.69, 9.17) is 0 Å². The van der Waals surface area contributed by atoms with Crippen LogP contribution >= 0.6 is 0 Å². The summed E-state index contributed by atoms with van der Waals surface area (Å²) in [6.07, 6.45) is 0.622. The van der Waals surface area contributed by atoms with E-state index in [0.717, 1.165) is 12.1 Å². The van der Waals surface area contributed by atoms with Gasteiger partial charge in [-0.3, -0.25) is 0 Å². The third-order valence-electron chi connectivity index (χ3n) is 3.27. The molecule has 0 saturated carbocycles. The van der Waals surface area contributed by atoms with E-state index in [1.54, 1.807) is 0 Å². The normalized spacial score (nSPS) is 24.4. The number of hydrogen-bond acceptors (Lipinski definition) is 3. The van der Waals surface area contributed by atoms with Crippen molar-refractivity contribution in [1.29, 1.82) is 0 Å². The highest BCUT2D eigenvalue weighted by Gasteiger charge is 2.28. The summed E-state index contributed by atoms with van der Waals surface area (Å²) >= 11 is 0. The number of sulfonamides is 1. The number of hydrogen-bond donors (Lipinski definition) is 2. The van der Waals surface area contributed by atoms with Crippen molar-refractivity contribution in [3.05, 3.63) is 29.8 Å². The van der Waals surface area contributed by atoms with Gasteiger partial charge in [-0.05, 0) is 43.6 Å². The van der Waals surface area contributed by atoms with Crippen molar-refractivity contribution in [1.82, 2.24) is 10.0 Å². The average molecular weight is 290 g/mol. The second-order valence-corrected chi connectivity index (χ2v) is 6.46. The summed E-state index contributed by atoms with van der Waals surface area (Å²) in [5.74, 6) is -1.63. The molecule has 0 aliphatic carbocycles. The summed E-state index contributed by atoms with van der Waals surface area (Å²) in [7, 11) is -4.04. The minimum Gasteiger partial charge on any atom is -0.316 e. The number of piperidine rings is 1. The molecule has 7 heteroatoms. The monoisotopic (exact) mass is 290 g/mol. The predicted octanol–water partition coefficient (Wildman–Crippen LogP) is 1.24. The zero-order chi connectivity index (χ0) is 14.0. The molecular weight excluding hydrogens is 274 g/mol. The van der Waals surface area contributed by atoms with Crippen molar-refractivity contribution in [2.24, 2.45) is 5.92 Å². The van der Waals surface area contributed by atoms with Crippen LogP contribution in [0.2, 0.25) is 0 Å². The lowest BCUT2D eigenvalue weighted by molar-refractivity contribution is 0.327. The number of benzene rings is 1. The first-order valence-electron chi connectivity index (χ1n) is 6.08. The van der Waals surface area contributed by atoms with Crippen LogP contribution in [0.25, 0.3) is 0 Å². The van der Waals surface area contributed by atoms with Crippen LogP contribution in [0, 0.1) is 17.6 Å². The van der Waals surface area contributed by atoms with Crippen LogP contribution in [0.5, 0.6) is 0 Å². The van der Waals surface area contributed by atoms with Crippen molar-refractivity contribution >= 4 is 10.0 Å². The molecule has 1 aromatic rings. The Morgan fingerprint density at radius 3 is 2.79 bits per heavy atom. The lowest BCUT2D eigenvalue weighted by Gasteiger charge is -2.29. The Bertz CT molecular complexity index is 563. The summed E-state index contributed by atoms with van der Waals surface area (Å²) in [4.78, 5) is -0.641. The molecule has 0 bridgehead atoms. The number of halogens is 2. The second kappa shape index (κ2) is 5.52. The van der Waals surface area contributed by atoms with Gasteiger partial charge in [-0.15, -0.1) is 0 Å². The molecule has 1 heterocycles. The highest BCUT2D eigenvalue weighted by Crippen LogP contribution is 2.19. The molecule has 19 heavy (non-hydrogen) atoms. The fourth-order valence-electron chi connectivity index (χ4n) is 2.14. The Kier molecular flexibility index (Phi) is 4.17. The van der Waals surface area contributed by atoms with Crippen LogP contribution in [0.15, 0.2) is 23.1 Å². The van der Waals surface area contributed by atoms with E-state index in [9.17, 15) is 17.2 Å². The van der Waals surface area contributed by atoms with Crippen molar-refractivity contribution in [2.45, 2.75) is 24.3 Å². The molecule has 0 spiro atoms. The summed E-state index contributed by atoms with van der Waals surface area (Å²) in [5.41, 5.74) is 0. The first-order valence-corrected chi connectivity index (χ1v) is 7.56. The van der Waals surface area contributed by atoms with Gasteiger partial charge in [-0.25, -0.2) is 21.9 Å². The average Bonchev–Trinajstić information content (AvgIpc) is 2.35. The molecule has 2 atom stereocenters. The molecule has 1 aliphatic heterocycles. The summed E-state index contributed by atoms with van der Waals surface area (Å²) < 4.78 is 53.2. The van der Waals surface area contributed by atoms with E-state index >= 15 is 0 Å². The van der Waals surface area contributed by atoms with Crippen LogP contribution in [-0.2, 0) is 10.0 Å². The van der Waals surface area contributed by atoms with Gasteiger partial charge in [-0.1, -0.05) is 6.92 Å². The van der Waals surface area contributed by atoms with Gasteiger partial charge in [0.05, 0.1) is 0 Å². The molecule has 0 amide bonds. The van der Waals surface area contributed by atoms with Crippen LogP contribution in [-0.4, -0.2) is 27.5 Å². The van der Waals surface area contributed by atoms with E-state index in [-0.39, 0.29) is 12.0 Å². The first kappa shape index (κ1) is 14.4. The Balaban J connectivity index is 2.24. The molecule has 2 unspecified atom stereocenters. The third kappa shape index (κ3) is 3.29. The smallest absolute Gasteiger partial charge is 0.243 e. The molecule has 0 radical (unpaired) electrons. The largest absolute Gasteiger partial charge is 0.316 e. The minimum atomic E-state index is -4.04. The molecule has 1 aromatic carbocycles. The van der Waals surface area contributed by atoms with Gasteiger partial charge in [0, 0.05) is 6.04 Å². The van der Waals surface area contributed by atoms with Crippen LogP contribution in [0.4, 0.5) is 8.78 Å². The maximum Gasteiger partial charge on any atom is 0.243 e. The van der Waals surface area contributed by atoms with Gasteiger partial charge in [0.15, 0.2) is 0 Å². The topological polar surface area (TPSA) is 58.2 Å². The summed E-state index contributed by atoms with van der Waals surface area (Å²) in [6, 6.07) is 2.13. The highest BCUT2D eigenvalue weighted by molar-refractivity contribution is 7.89. The van der Waals surface area contributed by atoms with Crippen LogP contribution in [0.1, 0.15) is 13.3 Å². The van der Waals surface area contributed by atoms with E-state index < -0.39 is 26.6 Å². The lowest BCUT2D eigenvalue weighted by atomic mass is 9.97. The van der Waals surface area contributed by atoms with E-state index in [2.05, 4.69) is 10.0 Å². The third-order valence-corrected chi connectivity index (χ3v) is 4.78. The fraction of sp³-hybridized carbons (Fsp3) is 0.500.